The Morgan fingerprint density at radius 3 is 2.65 bits per heavy atom. The molecule has 1 atom stereocenters. The second-order valence-electron chi connectivity index (χ2n) is 5.65. The first-order chi connectivity index (χ1) is 9.63. The van der Waals surface area contributed by atoms with Crippen molar-refractivity contribution in [3.63, 3.8) is 0 Å². The summed E-state index contributed by atoms with van der Waals surface area (Å²) in [5.74, 6) is -0.323. The van der Waals surface area contributed by atoms with Crippen LogP contribution in [0, 0.1) is 17.6 Å². The highest BCUT2D eigenvalue weighted by molar-refractivity contribution is 9.10. The molecule has 20 heavy (non-hydrogen) atoms. The summed E-state index contributed by atoms with van der Waals surface area (Å²) in [4.78, 5) is 0. The van der Waals surface area contributed by atoms with Crippen molar-refractivity contribution < 1.29 is 8.78 Å². The molecule has 4 heteroatoms. The fourth-order valence-electron chi connectivity index (χ4n) is 3.06. The molecule has 1 unspecified atom stereocenters. The smallest absolute Gasteiger partial charge is 0.145 e. The Labute approximate surface area is 128 Å². The summed E-state index contributed by atoms with van der Waals surface area (Å²) in [5, 5.41) is 3.32. The van der Waals surface area contributed by atoms with E-state index in [1.165, 1.54) is 37.8 Å². The van der Waals surface area contributed by atoms with E-state index in [4.69, 9.17) is 0 Å². The first-order valence-electron chi connectivity index (χ1n) is 7.50. The summed E-state index contributed by atoms with van der Waals surface area (Å²) in [6, 6.07) is 2.55. The van der Waals surface area contributed by atoms with Gasteiger partial charge in [0.2, 0.25) is 0 Å². The molecule has 1 N–H and O–H groups in total. The zero-order valence-electron chi connectivity index (χ0n) is 11.9. The van der Waals surface area contributed by atoms with Gasteiger partial charge in [-0.3, -0.25) is 0 Å². The van der Waals surface area contributed by atoms with E-state index in [1.54, 1.807) is 0 Å². The predicted octanol–water partition coefficient (Wildman–Crippen LogP) is 5.35. The van der Waals surface area contributed by atoms with Gasteiger partial charge in [0.25, 0.3) is 0 Å². The lowest BCUT2D eigenvalue weighted by Gasteiger charge is -2.23. The molecule has 1 saturated carbocycles. The van der Waals surface area contributed by atoms with Gasteiger partial charge in [0.1, 0.15) is 11.6 Å². The van der Waals surface area contributed by atoms with E-state index in [9.17, 15) is 8.78 Å². The van der Waals surface area contributed by atoms with E-state index >= 15 is 0 Å². The Kier molecular flexibility index (Phi) is 5.97. The van der Waals surface area contributed by atoms with E-state index in [0.29, 0.717) is 10.4 Å². The van der Waals surface area contributed by atoms with Crippen molar-refractivity contribution in [1.29, 1.82) is 0 Å². The molecule has 0 radical (unpaired) electrons. The SMILES string of the molecule is CCCNC(CC1CCCC1)c1c(F)ccc(Br)c1F. The van der Waals surface area contributed by atoms with Gasteiger partial charge in [-0.2, -0.15) is 0 Å². The zero-order valence-corrected chi connectivity index (χ0v) is 13.5. The van der Waals surface area contributed by atoms with Gasteiger partial charge in [0.15, 0.2) is 0 Å². The Morgan fingerprint density at radius 2 is 2.00 bits per heavy atom. The second kappa shape index (κ2) is 7.51. The van der Waals surface area contributed by atoms with Crippen LogP contribution in [0.5, 0.6) is 0 Å². The summed E-state index contributed by atoms with van der Waals surface area (Å²) in [5.41, 5.74) is 0.194. The fourth-order valence-corrected chi connectivity index (χ4v) is 3.41. The van der Waals surface area contributed by atoms with Crippen molar-refractivity contribution in [1.82, 2.24) is 5.32 Å². The Balaban J connectivity index is 2.22. The summed E-state index contributed by atoms with van der Waals surface area (Å²) in [6.07, 6.45) is 6.63. The molecule has 0 spiro atoms. The van der Waals surface area contributed by atoms with Gasteiger partial charge in [-0.25, -0.2) is 8.78 Å². The lowest BCUT2D eigenvalue weighted by atomic mass is 9.93. The Morgan fingerprint density at radius 1 is 1.30 bits per heavy atom. The first kappa shape index (κ1) is 15.9. The van der Waals surface area contributed by atoms with Crippen molar-refractivity contribution in [2.24, 2.45) is 5.92 Å². The molecule has 0 amide bonds. The lowest BCUT2D eigenvalue weighted by Crippen LogP contribution is -2.26. The maximum absolute atomic E-state index is 14.3. The van der Waals surface area contributed by atoms with Gasteiger partial charge in [-0.1, -0.05) is 32.6 Å². The van der Waals surface area contributed by atoms with Crippen molar-refractivity contribution >= 4 is 15.9 Å². The molecule has 1 aromatic carbocycles. The molecule has 1 aliphatic carbocycles. The highest BCUT2D eigenvalue weighted by Gasteiger charge is 2.26. The van der Waals surface area contributed by atoms with E-state index < -0.39 is 11.6 Å². The van der Waals surface area contributed by atoms with Crippen molar-refractivity contribution in [2.45, 2.75) is 51.5 Å². The average molecular weight is 346 g/mol. The highest BCUT2D eigenvalue weighted by Crippen LogP contribution is 2.36. The molecule has 1 aromatic rings. The van der Waals surface area contributed by atoms with Gasteiger partial charge in [-0.15, -0.1) is 0 Å². The number of halogens is 3. The number of hydrogen-bond acceptors (Lipinski definition) is 1. The zero-order chi connectivity index (χ0) is 14.5. The predicted molar refractivity (Wildman–Crippen MR) is 81.7 cm³/mol. The average Bonchev–Trinajstić information content (AvgIpc) is 2.93. The molecule has 0 aromatic heterocycles. The van der Waals surface area contributed by atoms with Crippen LogP contribution in [0.15, 0.2) is 16.6 Å². The number of benzene rings is 1. The molecular weight excluding hydrogens is 324 g/mol. The van der Waals surface area contributed by atoms with E-state index in [-0.39, 0.29) is 11.6 Å². The number of hydrogen-bond donors (Lipinski definition) is 1. The topological polar surface area (TPSA) is 12.0 Å². The van der Waals surface area contributed by atoms with E-state index in [0.717, 1.165) is 19.4 Å². The minimum absolute atomic E-state index is 0.194. The van der Waals surface area contributed by atoms with Crippen molar-refractivity contribution in [3.05, 3.63) is 33.8 Å². The third kappa shape index (κ3) is 3.79. The first-order valence-corrected chi connectivity index (χ1v) is 8.29. The molecule has 0 aliphatic heterocycles. The lowest BCUT2D eigenvalue weighted by molar-refractivity contribution is 0.373. The van der Waals surface area contributed by atoms with Crippen LogP contribution in [0.4, 0.5) is 8.78 Å². The van der Waals surface area contributed by atoms with Crippen LogP contribution in [0.2, 0.25) is 0 Å². The van der Waals surface area contributed by atoms with Gasteiger partial charge < -0.3 is 5.32 Å². The fraction of sp³-hybridized carbons (Fsp3) is 0.625. The summed E-state index contributed by atoms with van der Waals surface area (Å²) < 4.78 is 28.7. The molecule has 2 rings (SSSR count). The largest absolute Gasteiger partial charge is 0.310 e. The Bertz CT molecular complexity index is 444. The molecular formula is C16H22BrF2N. The molecule has 1 aliphatic rings. The minimum atomic E-state index is -0.461. The third-order valence-electron chi connectivity index (χ3n) is 4.11. The third-order valence-corrected chi connectivity index (χ3v) is 4.72. The normalized spacial score (nSPS) is 17.6. The van der Waals surface area contributed by atoms with Crippen LogP contribution in [-0.4, -0.2) is 6.54 Å². The molecule has 1 fully saturated rings. The van der Waals surface area contributed by atoms with E-state index in [2.05, 4.69) is 28.2 Å². The van der Waals surface area contributed by atoms with Crippen LogP contribution in [0.25, 0.3) is 0 Å². The summed E-state index contributed by atoms with van der Waals surface area (Å²) in [7, 11) is 0. The molecule has 0 bridgehead atoms. The van der Waals surface area contributed by atoms with Gasteiger partial charge in [0.05, 0.1) is 4.47 Å². The standard InChI is InChI=1S/C16H22BrF2N/c1-2-9-20-14(10-11-5-3-4-6-11)15-13(18)8-7-12(17)16(15)19/h7-8,11,14,20H,2-6,9-10H2,1H3. The molecule has 0 saturated heterocycles. The minimum Gasteiger partial charge on any atom is -0.310 e. The highest BCUT2D eigenvalue weighted by atomic mass is 79.9. The summed E-state index contributed by atoms with van der Waals surface area (Å²) >= 11 is 3.16. The second-order valence-corrected chi connectivity index (χ2v) is 6.50. The molecule has 1 nitrogen and oxygen atoms in total. The van der Waals surface area contributed by atoms with Crippen LogP contribution in [-0.2, 0) is 0 Å². The van der Waals surface area contributed by atoms with Crippen molar-refractivity contribution in [3.8, 4) is 0 Å². The molecule has 112 valence electrons. The van der Waals surface area contributed by atoms with Crippen molar-refractivity contribution in [2.75, 3.05) is 6.54 Å². The van der Waals surface area contributed by atoms with Gasteiger partial charge in [-0.05, 0) is 53.4 Å². The van der Waals surface area contributed by atoms with Crippen LogP contribution in [0.3, 0.4) is 0 Å². The maximum Gasteiger partial charge on any atom is 0.145 e. The van der Waals surface area contributed by atoms with Gasteiger partial charge >= 0.3 is 0 Å². The number of nitrogens with one attached hydrogen (secondary N) is 1. The van der Waals surface area contributed by atoms with Crippen LogP contribution >= 0.6 is 15.9 Å². The molecule has 0 heterocycles. The van der Waals surface area contributed by atoms with Crippen LogP contribution in [0.1, 0.15) is 57.1 Å². The monoisotopic (exact) mass is 345 g/mol. The number of rotatable bonds is 6. The summed E-state index contributed by atoms with van der Waals surface area (Å²) in [6.45, 7) is 2.84. The Hall–Kier alpha value is -0.480. The van der Waals surface area contributed by atoms with Crippen LogP contribution < -0.4 is 5.32 Å². The maximum atomic E-state index is 14.3. The van der Waals surface area contributed by atoms with E-state index in [1.807, 2.05) is 0 Å². The van der Waals surface area contributed by atoms with Gasteiger partial charge in [0, 0.05) is 11.6 Å². The quantitative estimate of drug-likeness (QED) is 0.685.